The highest BCUT2D eigenvalue weighted by molar-refractivity contribution is 6.11. The van der Waals surface area contributed by atoms with Gasteiger partial charge in [0.15, 0.2) is 0 Å². The minimum atomic E-state index is 0.220. The molecule has 13 rings (SSSR count). The third-order valence-electron chi connectivity index (χ3n) is 12.4. The first-order valence-electron chi connectivity index (χ1n) is 20.0. The fourth-order valence-electron chi connectivity index (χ4n) is 9.76. The lowest BCUT2D eigenvalue weighted by atomic mass is 9.89. The monoisotopic (exact) mass is 742 g/mol. The summed E-state index contributed by atoms with van der Waals surface area (Å²) in [5.41, 5.74) is 14.4. The lowest BCUT2D eigenvalue weighted by Gasteiger charge is -2.15. The second kappa shape index (κ2) is 12.0. The van der Waals surface area contributed by atoms with Crippen molar-refractivity contribution in [2.75, 3.05) is 0 Å². The summed E-state index contributed by atoms with van der Waals surface area (Å²) < 4.78 is 17.6. The van der Waals surface area contributed by atoms with Gasteiger partial charge < -0.3 is 18.0 Å². The molecule has 0 saturated heterocycles. The summed E-state index contributed by atoms with van der Waals surface area (Å²) in [7, 11) is 0. The molecule has 0 fully saturated rings. The van der Waals surface area contributed by atoms with Crippen molar-refractivity contribution in [2.24, 2.45) is 0 Å². The molecule has 4 heteroatoms. The lowest BCUT2D eigenvalue weighted by molar-refractivity contribution is 0.570. The molecule has 0 spiro atoms. The van der Waals surface area contributed by atoms with Gasteiger partial charge in [-0.2, -0.15) is 0 Å². The molecule has 4 nitrogen and oxygen atoms in total. The molecule has 4 aromatic heterocycles. The number of aromatic nitrogens is 2. The van der Waals surface area contributed by atoms with Gasteiger partial charge in [0.1, 0.15) is 22.2 Å². The van der Waals surface area contributed by atoms with Crippen molar-refractivity contribution in [3.05, 3.63) is 192 Å². The molecule has 8 aromatic carbocycles. The molecule has 0 aliphatic heterocycles. The predicted molar refractivity (Wildman–Crippen MR) is 240 cm³/mol. The first-order valence-corrected chi connectivity index (χ1v) is 20.0. The van der Waals surface area contributed by atoms with Crippen LogP contribution in [-0.2, 0) is 0 Å². The summed E-state index contributed by atoms with van der Waals surface area (Å²) in [5.74, 6) is 0.220. The number of furan rings is 2. The number of para-hydroxylation sites is 4. The summed E-state index contributed by atoms with van der Waals surface area (Å²) in [4.78, 5) is 0. The Labute approximate surface area is 332 Å². The molecule has 0 saturated carbocycles. The van der Waals surface area contributed by atoms with E-state index in [0.29, 0.717) is 0 Å². The van der Waals surface area contributed by atoms with E-state index in [1.807, 2.05) is 0 Å². The van der Waals surface area contributed by atoms with Crippen LogP contribution in [0.5, 0.6) is 0 Å². The van der Waals surface area contributed by atoms with Crippen LogP contribution in [0.2, 0.25) is 0 Å². The normalized spacial score (nSPS) is 14.2. The smallest absolute Gasteiger partial charge is 0.135 e. The predicted octanol–water partition coefficient (Wildman–Crippen LogP) is 12.9. The molecule has 0 radical (unpaired) electrons. The van der Waals surface area contributed by atoms with E-state index in [-0.39, 0.29) is 5.92 Å². The maximum Gasteiger partial charge on any atom is 0.135 e. The molecule has 12 aromatic rings. The van der Waals surface area contributed by atoms with Crippen LogP contribution in [0.4, 0.5) is 0 Å². The first-order chi connectivity index (χ1) is 28.7. The average molecular weight is 743 g/mol. The number of hydrogen-bond acceptors (Lipinski definition) is 2. The Morgan fingerprint density at radius 1 is 0.397 bits per heavy atom. The number of benzene rings is 8. The second-order valence-corrected chi connectivity index (χ2v) is 15.6. The molecule has 1 aliphatic carbocycles. The van der Waals surface area contributed by atoms with Crippen LogP contribution in [-0.4, -0.2) is 9.13 Å². The molecule has 1 atom stereocenters. The van der Waals surface area contributed by atoms with Gasteiger partial charge in [0.25, 0.3) is 0 Å². The van der Waals surface area contributed by atoms with Crippen molar-refractivity contribution < 1.29 is 8.83 Å². The standard InChI is InChI=1S/C54H34N2O2/c1-5-16-47-39(12-1)40-13-2-6-17-48(40)55(47)37-22-26-53-45(31-37)43-29-35(20-24-51(43)57-53)33-10-9-11-34(28-33)36-21-25-52-44(30-36)46-32-38(23-27-54(46)58-52)56-49-18-7-3-14-41(49)42-15-4-8-19-50(42)56/h1-20,22-32,36H,21H2. The van der Waals surface area contributed by atoms with E-state index in [9.17, 15) is 0 Å². The minimum absolute atomic E-state index is 0.220. The zero-order valence-electron chi connectivity index (χ0n) is 31.4. The molecule has 1 aliphatic rings. The van der Waals surface area contributed by atoms with Gasteiger partial charge in [-0.25, -0.2) is 0 Å². The molecule has 0 bridgehead atoms. The van der Waals surface area contributed by atoms with Gasteiger partial charge in [0.2, 0.25) is 0 Å². The van der Waals surface area contributed by atoms with Crippen LogP contribution >= 0.6 is 0 Å². The van der Waals surface area contributed by atoms with E-state index >= 15 is 0 Å². The number of fused-ring (bicyclic) bond motifs is 12. The van der Waals surface area contributed by atoms with Crippen LogP contribution in [0.15, 0.2) is 185 Å². The van der Waals surface area contributed by atoms with E-state index < -0.39 is 0 Å². The van der Waals surface area contributed by atoms with Gasteiger partial charge in [0, 0.05) is 60.2 Å². The Balaban J connectivity index is 0.896. The van der Waals surface area contributed by atoms with Crippen molar-refractivity contribution >= 4 is 88.7 Å². The van der Waals surface area contributed by atoms with Crippen molar-refractivity contribution in [1.29, 1.82) is 0 Å². The Bertz CT molecular complexity index is 3690. The van der Waals surface area contributed by atoms with Crippen molar-refractivity contribution in [1.82, 2.24) is 9.13 Å². The Kier molecular flexibility index (Phi) is 6.53. The summed E-state index contributed by atoms with van der Waals surface area (Å²) in [5, 5.41) is 9.58. The number of hydrogen-bond donors (Lipinski definition) is 0. The summed E-state index contributed by atoms with van der Waals surface area (Å²) in [6.45, 7) is 0. The van der Waals surface area contributed by atoms with Crippen molar-refractivity contribution in [3.63, 3.8) is 0 Å². The number of rotatable bonds is 4. The number of nitrogens with zero attached hydrogens (tertiary/aromatic N) is 2. The lowest BCUT2D eigenvalue weighted by Crippen LogP contribution is -2.25. The third-order valence-corrected chi connectivity index (χ3v) is 12.4. The van der Waals surface area contributed by atoms with Crippen LogP contribution in [0.1, 0.15) is 17.9 Å². The molecule has 0 N–H and O–H groups in total. The van der Waals surface area contributed by atoms with Crippen LogP contribution in [0.3, 0.4) is 0 Å². The molecule has 58 heavy (non-hydrogen) atoms. The second-order valence-electron chi connectivity index (χ2n) is 15.6. The quantitative estimate of drug-likeness (QED) is 0.180. The van der Waals surface area contributed by atoms with Crippen LogP contribution in [0.25, 0.3) is 111 Å². The highest BCUT2D eigenvalue weighted by Crippen LogP contribution is 2.38. The van der Waals surface area contributed by atoms with Gasteiger partial charge in [-0.1, -0.05) is 109 Å². The third kappa shape index (κ3) is 4.57. The fraction of sp³-hybridized carbons (Fsp3) is 0.0370. The summed E-state index contributed by atoms with van der Waals surface area (Å²) >= 11 is 0. The molecule has 4 heterocycles. The molecule has 272 valence electrons. The zero-order valence-corrected chi connectivity index (χ0v) is 31.4. The van der Waals surface area contributed by atoms with E-state index in [1.54, 1.807) is 0 Å². The highest BCUT2D eigenvalue weighted by atomic mass is 16.3. The Morgan fingerprint density at radius 2 is 0.897 bits per heavy atom. The van der Waals surface area contributed by atoms with Crippen molar-refractivity contribution in [3.8, 4) is 22.5 Å². The Hall–Kier alpha value is -7.56. The van der Waals surface area contributed by atoms with E-state index in [4.69, 9.17) is 8.83 Å². The van der Waals surface area contributed by atoms with Gasteiger partial charge in [0.05, 0.1) is 22.1 Å². The SMILES string of the molecule is C1=c2oc3ccc(-n4c5ccccc5c5ccccc54)cc3c2=CC(c2cccc(-c3ccc4oc5ccc(-n6c7ccccc7c7ccccc76)cc5c4c3)c2)C1. The summed E-state index contributed by atoms with van der Waals surface area (Å²) in [6.07, 6.45) is 5.57. The van der Waals surface area contributed by atoms with E-state index in [0.717, 1.165) is 56.1 Å². The highest BCUT2D eigenvalue weighted by Gasteiger charge is 2.19. The molecular weight excluding hydrogens is 709 g/mol. The zero-order chi connectivity index (χ0) is 37.9. The fourth-order valence-corrected chi connectivity index (χ4v) is 9.76. The van der Waals surface area contributed by atoms with E-state index in [2.05, 4.69) is 197 Å². The minimum Gasteiger partial charge on any atom is -0.456 e. The molecule has 0 amide bonds. The largest absolute Gasteiger partial charge is 0.456 e. The van der Waals surface area contributed by atoms with E-state index in [1.165, 1.54) is 65.5 Å². The molecular formula is C54H34N2O2. The maximum atomic E-state index is 6.45. The van der Waals surface area contributed by atoms with Crippen LogP contribution in [0, 0.1) is 0 Å². The van der Waals surface area contributed by atoms with Crippen molar-refractivity contribution in [2.45, 2.75) is 12.3 Å². The first kappa shape index (κ1) is 31.6. The van der Waals surface area contributed by atoms with Gasteiger partial charge in [-0.15, -0.1) is 0 Å². The Morgan fingerprint density at radius 3 is 1.50 bits per heavy atom. The van der Waals surface area contributed by atoms with Gasteiger partial charge in [-0.05, 0) is 102 Å². The van der Waals surface area contributed by atoms with Crippen LogP contribution < -0.4 is 10.6 Å². The van der Waals surface area contributed by atoms with Gasteiger partial charge in [-0.3, -0.25) is 0 Å². The summed E-state index contributed by atoms with van der Waals surface area (Å²) in [6, 6.07) is 63.5. The topological polar surface area (TPSA) is 36.1 Å². The molecule has 1 unspecified atom stereocenters. The van der Waals surface area contributed by atoms with Gasteiger partial charge >= 0.3 is 0 Å². The maximum absolute atomic E-state index is 6.45. The average Bonchev–Trinajstić information content (AvgIpc) is 4.03.